The van der Waals surface area contributed by atoms with Gasteiger partial charge < -0.3 is 15.0 Å². The molecule has 1 unspecified atom stereocenters. The Labute approximate surface area is 163 Å². The van der Waals surface area contributed by atoms with Crippen LogP contribution in [0.25, 0.3) is 0 Å². The third-order valence-electron chi connectivity index (χ3n) is 4.30. The summed E-state index contributed by atoms with van der Waals surface area (Å²) in [5, 5.41) is 3.38. The van der Waals surface area contributed by atoms with Gasteiger partial charge in [0.05, 0.1) is 18.7 Å². The molecule has 1 N–H and O–H groups in total. The highest BCUT2D eigenvalue weighted by Crippen LogP contribution is 2.35. The molecule has 1 atom stereocenters. The molecule has 1 aliphatic heterocycles. The zero-order chi connectivity index (χ0) is 20.1. The van der Waals surface area contributed by atoms with Gasteiger partial charge in [-0.05, 0) is 37.5 Å². The predicted octanol–water partition coefficient (Wildman–Crippen LogP) is 4.18. The van der Waals surface area contributed by atoms with Crippen molar-refractivity contribution in [3.05, 3.63) is 46.4 Å². The fourth-order valence-electron chi connectivity index (χ4n) is 3.02. The molecule has 148 valence electrons. The molecule has 2 amide bonds. The van der Waals surface area contributed by atoms with Gasteiger partial charge in [-0.1, -0.05) is 22.4 Å². The van der Waals surface area contributed by atoms with Crippen molar-refractivity contribution in [1.82, 2.24) is 10.2 Å². The maximum absolute atomic E-state index is 13.8. The monoisotopic (exact) mass is 448 g/mol. The molecule has 0 bridgehead atoms. The second-order valence-electron chi connectivity index (χ2n) is 6.10. The first kappa shape index (κ1) is 21.3. The molecule has 1 heterocycles. The molecule has 1 aliphatic rings. The number of carbonyl (C=O) groups is 2. The average Bonchev–Trinajstić information content (AvgIpc) is 2.63. The molecule has 0 spiro atoms. The molecule has 1 aromatic carbocycles. The Bertz CT molecular complexity index is 747. The van der Waals surface area contributed by atoms with Crippen molar-refractivity contribution in [2.75, 3.05) is 19.0 Å². The van der Waals surface area contributed by atoms with Gasteiger partial charge in [-0.3, -0.25) is 0 Å². The first-order chi connectivity index (χ1) is 12.8. The van der Waals surface area contributed by atoms with Gasteiger partial charge in [0.2, 0.25) is 0 Å². The third-order valence-corrected chi connectivity index (χ3v) is 4.86. The van der Waals surface area contributed by atoms with E-state index in [0.717, 1.165) is 30.3 Å². The van der Waals surface area contributed by atoms with E-state index in [4.69, 9.17) is 4.74 Å². The van der Waals surface area contributed by atoms with Crippen LogP contribution in [-0.2, 0) is 9.53 Å². The van der Waals surface area contributed by atoms with Crippen molar-refractivity contribution < 1.29 is 27.5 Å². The SMILES string of the molecule is COC(=O)C1=C(C)NC(=O)N(CCCCCBr)C1c1cc(F)c(F)c(F)c1. The van der Waals surface area contributed by atoms with Crippen LogP contribution in [0, 0.1) is 17.5 Å². The molecule has 0 saturated heterocycles. The Morgan fingerprint density at radius 3 is 2.41 bits per heavy atom. The van der Waals surface area contributed by atoms with E-state index < -0.39 is 35.5 Å². The molecule has 2 rings (SSSR count). The number of carbonyl (C=O) groups excluding carboxylic acids is 2. The Balaban J connectivity index is 2.51. The average molecular weight is 449 g/mol. The van der Waals surface area contributed by atoms with Crippen molar-refractivity contribution in [2.24, 2.45) is 0 Å². The van der Waals surface area contributed by atoms with Crippen LogP contribution in [0.2, 0.25) is 0 Å². The molecule has 27 heavy (non-hydrogen) atoms. The van der Waals surface area contributed by atoms with Crippen molar-refractivity contribution in [1.29, 1.82) is 0 Å². The number of amides is 2. The quantitative estimate of drug-likeness (QED) is 0.294. The van der Waals surface area contributed by atoms with Crippen LogP contribution in [0.15, 0.2) is 23.4 Å². The predicted molar refractivity (Wildman–Crippen MR) is 96.7 cm³/mol. The summed E-state index contributed by atoms with van der Waals surface area (Å²) in [6.07, 6.45) is 2.32. The number of nitrogens with one attached hydrogen (secondary N) is 1. The number of ether oxygens (including phenoxy) is 1. The molecule has 0 aliphatic carbocycles. The van der Waals surface area contributed by atoms with Crippen LogP contribution in [0.3, 0.4) is 0 Å². The lowest BCUT2D eigenvalue weighted by Gasteiger charge is -2.37. The molecular formula is C18H20BrF3N2O3. The van der Waals surface area contributed by atoms with Crippen molar-refractivity contribution >= 4 is 27.9 Å². The number of unbranched alkanes of at least 4 members (excludes halogenated alkanes) is 2. The number of halogens is 4. The Morgan fingerprint density at radius 2 is 1.85 bits per heavy atom. The van der Waals surface area contributed by atoms with E-state index >= 15 is 0 Å². The highest BCUT2D eigenvalue weighted by molar-refractivity contribution is 9.09. The van der Waals surface area contributed by atoms with Gasteiger partial charge in [-0.15, -0.1) is 0 Å². The summed E-state index contributed by atoms with van der Waals surface area (Å²) < 4.78 is 45.8. The summed E-state index contributed by atoms with van der Waals surface area (Å²) in [6, 6.07) is 0.00107. The van der Waals surface area contributed by atoms with Gasteiger partial charge in [0.25, 0.3) is 0 Å². The van der Waals surface area contributed by atoms with E-state index in [1.807, 2.05) is 0 Å². The number of urea groups is 1. The summed E-state index contributed by atoms with van der Waals surface area (Å²) >= 11 is 3.32. The molecule has 9 heteroatoms. The van der Waals surface area contributed by atoms with Gasteiger partial charge in [-0.2, -0.15) is 0 Å². The number of allylic oxidation sites excluding steroid dienone is 1. The fourth-order valence-corrected chi connectivity index (χ4v) is 3.41. The molecule has 5 nitrogen and oxygen atoms in total. The lowest BCUT2D eigenvalue weighted by atomic mass is 9.93. The van der Waals surface area contributed by atoms with Crippen molar-refractivity contribution in [3.8, 4) is 0 Å². The van der Waals surface area contributed by atoms with E-state index in [9.17, 15) is 22.8 Å². The van der Waals surface area contributed by atoms with Crippen molar-refractivity contribution in [2.45, 2.75) is 32.2 Å². The fraction of sp³-hybridized carbons (Fsp3) is 0.444. The van der Waals surface area contributed by atoms with E-state index in [1.54, 1.807) is 0 Å². The highest BCUT2D eigenvalue weighted by atomic mass is 79.9. The number of nitrogens with zero attached hydrogens (tertiary/aromatic N) is 1. The van der Waals surface area contributed by atoms with Crippen LogP contribution in [0.4, 0.5) is 18.0 Å². The summed E-state index contributed by atoms with van der Waals surface area (Å²) in [7, 11) is 1.17. The Morgan fingerprint density at radius 1 is 1.22 bits per heavy atom. The molecule has 1 aromatic rings. The van der Waals surface area contributed by atoms with Gasteiger partial charge in [-0.25, -0.2) is 22.8 Å². The Hall–Kier alpha value is -2.03. The number of hydrogen-bond donors (Lipinski definition) is 1. The minimum Gasteiger partial charge on any atom is -0.466 e. The number of esters is 1. The third kappa shape index (κ3) is 4.63. The first-order valence-electron chi connectivity index (χ1n) is 8.38. The van der Waals surface area contributed by atoms with E-state index in [1.165, 1.54) is 18.9 Å². The van der Waals surface area contributed by atoms with Gasteiger partial charge in [0.1, 0.15) is 0 Å². The largest absolute Gasteiger partial charge is 0.466 e. The second-order valence-corrected chi connectivity index (χ2v) is 6.90. The van der Waals surface area contributed by atoms with Gasteiger partial charge in [0.15, 0.2) is 17.5 Å². The zero-order valence-electron chi connectivity index (χ0n) is 15.0. The number of alkyl halides is 1. The minimum absolute atomic E-state index is 0.0403. The summed E-state index contributed by atoms with van der Waals surface area (Å²) in [4.78, 5) is 26.1. The lowest BCUT2D eigenvalue weighted by molar-refractivity contribution is -0.137. The smallest absolute Gasteiger partial charge is 0.337 e. The standard InChI is InChI=1S/C18H20BrF3N2O3/c1-10-14(17(25)27-2)16(11-8-12(20)15(22)13(21)9-11)24(18(26)23-10)7-5-3-4-6-19/h8-9,16H,3-7H2,1-2H3,(H,23,26). The number of hydrogen-bond acceptors (Lipinski definition) is 3. The molecular weight excluding hydrogens is 429 g/mol. The second kappa shape index (κ2) is 9.25. The maximum Gasteiger partial charge on any atom is 0.337 e. The van der Waals surface area contributed by atoms with E-state index in [0.29, 0.717) is 6.42 Å². The number of rotatable bonds is 7. The molecule has 0 radical (unpaired) electrons. The molecule has 0 saturated carbocycles. The summed E-state index contributed by atoms with van der Waals surface area (Å²) in [5.41, 5.74) is 0.225. The Kier molecular flexibility index (Phi) is 7.29. The maximum atomic E-state index is 13.8. The van der Waals surface area contributed by atoms with E-state index in [-0.39, 0.29) is 23.4 Å². The van der Waals surface area contributed by atoms with Gasteiger partial charge in [0, 0.05) is 17.6 Å². The number of benzene rings is 1. The van der Waals surface area contributed by atoms with E-state index in [2.05, 4.69) is 21.2 Å². The normalized spacial score (nSPS) is 17.2. The van der Waals surface area contributed by atoms with Crippen LogP contribution in [0.1, 0.15) is 37.8 Å². The first-order valence-corrected chi connectivity index (χ1v) is 9.51. The highest BCUT2D eigenvalue weighted by Gasteiger charge is 2.38. The summed E-state index contributed by atoms with van der Waals surface area (Å²) in [6.45, 7) is 1.74. The van der Waals surface area contributed by atoms with Crippen molar-refractivity contribution in [3.63, 3.8) is 0 Å². The molecule has 0 fully saturated rings. The number of methoxy groups -OCH3 is 1. The summed E-state index contributed by atoms with van der Waals surface area (Å²) in [5.74, 6) is -5.13. The van der Waals surface area contributed by atoms with Crippen LogP contribution in [-0.4, -0.2) is 35.9 Å². The topological polar surface area (TPSA) is 58.6 Å². The zero-order valence-corrected chi connectivity index (χ0v) is 16.5. The van der Waals surface area contributed by atoms with Crippen LogP contribution >= 0.6 is 15.9 Å². The minimum atomic E-state index is -1.61. The van der Waals surface area contributed by atoms with Crippen LogP contribution in [0.5, 0.6) is 0 Å². The molecule has 0 aromatic heterocycles. The van der Waals surface area contributed by atoms with Crippen LogP contribution < -0.4 is 5.32 Å². The lowest BCUT2D eigenvalue weighted by Crippen LogP contribution is -2.49. The van der Waals surface area contributed by atoms with Gasteiger partial charge >= 0.3 is 12.0 Å².